The van der Waals surface area contributed by atoms with Crippen molar-refractivity contribution in [2.24, 2.45) is 0 Å². The minimum atomic E-state index is 1.16. The van der Waals surface area contributed by atoms with Gasteiger partial charge >= 0.3 is 0 Å². The molecule has 1 N–H and O–H groups in total. The van der Waals surface area contributed by atoms with Gasteiger partial charge in [-0.3, -0.25) is 0 Å². The lowest BCUT2D eigenvalue weighted by atomic mass is 10.2. The maximum Gasteiger partial charge on any atom is 0.0169 e. The summed E-state index contributed by atoms with van der Waals surface area (Å²) in [5.74, 6) is 0. The highest BCUT2D eigenvalue weighted by Crippen LogP contribution is 2.00. The van der Waals surface area contributed by atoms with Crippen molar-refractivity contribution in [3.63, 3.8) is 0 Å². The van der Waals surface area contributed by atoms with Gasteiger partial charge in [-0.25, -0.2) is 0 Å². The highest BCUT2D eigenvalue weighted by molar-refractivity contribution is 4.75. The molecule has 0 unspecified atom stereocenters. The lowest BCUT2D eigenvalue weighted by Crippen LogP contribution is -2.12. The number of unbranched alkanes of at least 4 members (excludes halogenated alkanes) is 3. The van der Waals surface area contributed by atoms with Crippen molar-refractivity contribution in [1.82, 2.24) is 10.2 Å². The summed E-state index contributed by atoms with van der Waals surface area (Å²) in [4.78, 5) is 2.25. The molecule has 0 rings (SSSR count). The second-order valence-corrected chi connectivity index (χ2v) is 3.48. The SMILES string of the molecule is CC=CN(C)CCCCCCNC. The third-order valence-electron chi connectivity index (χ3n) is 2.09. The molecule has 0 bridgehead atoms. The Hall–Kier alpha value is -0.500. The van der Waals surface area contributed by atoms with Gasteiger partial charge in [0.05, 0.1) is 0 Å². The average molecular weight is 184 g/mol. The van der Waals surface area contributed by atoms with Crippen molar-refractivity contribution < 1.29 is 0 Å². The largest absolute Gasteiger partial charge is 0.381 e. The van der Waals surface area contributed by atoms with Crippen LogP contribution in [0, 0.1) is 0 Å². The molecule has 0 atom stereocenters. The molecule has 0 fully saturated rings. The topological polar surface area (TPSA) is 15.3 Å². The Labute approximate surface area is 83.0 Å². The van der Waals surface area contributed by atoms with Crippen molar-refractivity contribution in [3.8, 4) is 0 Å². The van der Waals surface area contributed by atoms with E-state index in [0.717, 1.165) is 6.54 Å². The van der Waals surface area contributed by atoms with Crippen LogP contribution in [0.4, 0.5) is 0 Å². The second kappa shape index (κ2) is 9.59. The van der Waals surface area contributed by atoms with Crippen molar-refractivity contribution in [3.05, 3.63) is 12.3 Å². The van der Waals surface area contributed by atoms with E-state index >= 15 is 0 Å². The molecule has 0 aliphatic carbocycles. The van der Waals surface area contributed by atoms with E-state index in [2.05, 4.69) is 36.5 Å². The normalized spacial score (nSPS) is 11.0. The first-order chi connectivity index (χ1) is 6.31. The standard InChI is InChI=1S/C11H24N2/c1-4-10-13(3)11-8-6-5-7-9-12-2/h4,10,12H,5-9,11H2,1-3H3. The van der Waals surface area contributed by atoms with E-state index in [1.165, 1.54) is 32.2 Å². The van der Waals surface area contributed by atoms with Crippen LogP contribution in [0.2, 0.25) is 0 Å². The summed E-state index contributed by atoms with van der Waals surface area (Å²) in [5, 5.41) is 3.17. The summed E-state index contributed by atoms with van der Waals surface area (Å²) in [7, 11) is 4.15. The predicted molar refractivity (Wildman–Crippen MR) is 59.8 cm³/mol. The number of nitrogens with zero attached hydrogens (tertiary/aromatic N) is 1. The zero-order valence-corrected chi connectivity index (χ0v) is 9.34. The Morgan fingerprint density at radius 2 is 1.85 bits per heavy atom. The van der Waals surface area contributed by atoms with E-state index in [-0.39, 0.29) is 0 Å². The molecule has 0 aromatic heterocycles. The van der Waals surface area contributed by atoms with Crippen molar-refractivity contribution in [2.75, 3.05) is 27.2 Å². The molecule has 0 saturated heterocycles. The molecular weight excluding hydrogens is 160 g/mol. The minimum absolute atomic E-state index is 1.16. The molecule has 0 amide bonds. The summed E-state index contributed by atoms with van der Waals surface area (Å²) >= 11 is 0. The van der Waals surface area contributed by atoms with E-state index in [0.29, 0.717) is 0 Å². The van der Waals surface area contributed by atoms with E-state index in [1.807, 2.05) is 7.05 Å². The number of hydrogen-bond donors (Lipinski definition) is 1. The monoisotopic (exact) mass is 184 g/mol. The van der Waals surface area contributed by atoms with Gasteiger partial charge in [-0.15, -0.1) is 0 Å². The van der Waals surface area contributed by atoms with Crippen LogP contribution >= 0.6 is 0 Å². The number of rotatable bonds is 8. The maximum absolute atomic E-state index is 3.17. The summed E-state index contributed by atoms with van der Waals surface area (Å²) in [6.07, 6.45) is 9.54. The lowest BCUT2D eigenvalue weighted by molar-refractivity contribution is 0.429. The zero-order chi connectivity index (χ0) is 9.94. The molecule has 13 heavy (non-hydrogen) atoms. The molecule has 0 aliphatic rings. The molecule has 0 spiro atoms. The van der Waals surface area contributed by atoms with Gasteiger partial charge in [-0.05, 0) is 39.6 Å². The average Bonchev–Trinajstić information content (AvgIpc) is 2.11. The van der Waals surface area contributed by atoms with Gasteiger partial charge in [0.25, 0.3) is 0 Å². The Bertz CT molecular complexity index is 121. The maximum atomic E-state index is 3.17. The van der Waals surface area contributed by atoms with Crippen LogP contribution in [0.1, 0.15) is 32.6 Å². The molecule has 0 aliphatic heterocycles. The molecule has 0 aromatic rings. The van der Waals surface area contributed by atoms with E-state index in [1.54, 1.807) is 0 Å². The van der Waals surface area contributed by atoms with Gasteiger partial charge in [0.2, 0.25) is 0 Å². The first kappa shape index (κ1) is 12.5. The summed E-state index contributed by atoms with van der Waals surface area (Å²) in [6, 6.07) is 0. The lowest BCUT2D eigenvalue weighted by Gasteiger charge is -2.12. The minimum Gasteiger partial charge on any atom is -0.381 e. The quantitative estimate of drug-likeness (QED) is 0.582. The van der Waals surface area contributed by atoms with Gasteiger partial charge in [0, 0.05) is 13.6 Å². The molecule has 0 heterocycles. The fourth-order valence-electron chi connectivity index (χ4n) is 1.35. The highest BCUT2D eigenvalue weighted by atomic mass is 15.1. The van der Waals surface area contributed by atoms with Crippen LogP contribution in [-0.4, -0.2) is 32.1 Å². The molecule has 0 saturated carbocycles. The molecule has 2 heteroatoms. The Morgan fingerprint density at radius 3 is 2.46 bits per heavy atom. The van der Waals surface area contributed by atoms with Crippen LogP contribution in [-0.2, 0) is 0 Å². The molecule has 0 aromatic carbocycles. The molecule has 2 nitrogen and oxygen atoms in total. The summed E-state index contributed by atoms with van der Waals surface area (Å²) < 4.78 is 0. The van der Waals surface area contributed by atoms with Crippen molar-refractivity contribution in [1.29, 1.82) is 0 Å². The Kier molecular flexibility index (Phi) is 9.22. The van der Waals surface area contributed by atoms with Crippen LogP contribution in [0.5, 0.6) is 0 Å². The van der Waals surface area contributed by atoms with Gasteiger partial charge < -0.3 is 10.2 Å². The second-order valence-electron chi connectivity index (χ2n) is 3.48. The van der Waals surface area contributed by atoms with Crippen molar-refractivity contribution >= 4 is 0 Å². The Balaban J connectivity index is 3.06. The third kappa shape index (κ3) is 9.41. The molecular formula is C11H24N2. The van der Waals surface area contributed by atoms with Gasteiger partial charge in [0.15, 0.2) is 0 Å². The van der Waals surface area contributed by atoms with Crippen LogP contribution in [0.3, 0.4) is 0 Å². The van der Waals surface area contributed by atoms with Gasteiger partial charge in [0.1, 0.15) is 0 Å². The van der Waals surface area contributed by atoms with Crippen LogP contribution < -0.4 is 5.32 Å². The fraction of sp³-hybridized carbons (Fsp3) is 0.818. The highest BCUT2D eigenvalue weighted by Gasteiger charge is 1.91. The van der Waals surface area contributed by atoms with Gasteiger partial charge in [-0.2, -0.15) is 0 Å². The fourth-order valence-corrected chi connectivity index (χ4v) is 1.35. The van der Waals surface area contributed by atoms with Crippen molar-refractivity contribution in [2.45, 2.75) is 32.6 Å². The van der Waals surface area contributed by atoms with Crippen LogP contribution in [0.25, 0.3) is 0 Å². The Morgan fingerprint density at radius 1 is 1.15 bits per heavy atom. The van der Waals surface area contributed by atoms with Gasteiger partial charge in [-0.1, -0.05) is 18.9 Å². The zero-order valence-electron chi connectivity index (χ0n) is 9.34. The predicted octanol–water partition coefficient (Wildman–Crippen LogP) is 2.23. The van der Waals surface area contributed by atoms with E-state index < -0.39 is 0 Å². The smallest absolute Gasteiger partial charge is 0.0169 e. The molecule has 78 valence electrons. The first-order valence-electron chi connectivity index (χ1n) is 5.29. The molecule has 0 radical (unpaired) electrons. The summed E-state index contributed by atoms with van der Waals surface area (Å²) in [6.45, 7) is 4.40. The summed E-state index contributed by atoms with van der Waals surface area (Å²) in [5.41, 5.74) is 0. The number of hydrogen-bond acceptors (Lipinski definition) is 2. The number of nitrogens with one attached hydrogen (secondary N) is 1. The van der Waals surface area contributed by atoms with Crippen LogP contribution in [0.15, 0.2) is 12.3 Å². The van der Waals surface area contributed by atoms with E-state index in [4.69, 9.17) is 0 Å². The number of allylic oxidation sites excluding steroid dienone is 1. The van der Waals surface area contributed by atoms with E-state index in [9.17, 15) is 0 Å². The first-order valence-corrected chi connectivity index (χ1v) is 5.29. The third-order valence-corrected chi connectivity index (χ3v) is 2.09.